The third-order valence-electron chi connectivity index (χ3n) is 2.93. The van der Waals surface area contributed by atoms with Gasteiger partial charge in [0.25, 0.3) is 0 Å². The SMILES string of the molecule is CNC1CSC1c1cc(C)ccc1C. The first-order valence-corrected chi connectivity index (χ1v) is 6.13. The Morgan fingerprint density at radius 2 is 2.14 bits per heavy atom. The number of benzene rings is 1. The molecule has 1 saturated heterocycles. The van der Waals surface area contributed by atoms with E-state index in [2.05, 4.69) is 56.2 Å². The van der Waals surface area contributed by atoms with Gasteiger partial charge in [-0.3, -0.25) is 0 Å². The number of thioether (sulfide) groups is 1. The van der Waals surface area contributed by atoms with Gasteiger partial charge < -0.3 is 5.32 Å². The molecule has 2 unspecified atom stereocenters. The lowest BCUT2D eigenvalue weighted by atomic mass is 9.98. The second-order valence-corrected chi connectivity index (χ2v) is 5.18. The molecule has 0 aromatic heterocycles. The number of likely N-dealkylation sites (N-methyl/N-ethyl adjacent to an activating group) is 1. The fourth-order valence-electron chi connectivity index (χ4n) is 1.90. The Bertz CT molecular complexity index is 333. The van der Waals surface area contributed by atoms with Gasteiger partial charge in [0.2, 0.25) is 0 Å². The fraction of sp³-hybridized carbons (Fsp3) is 0.500. The van der Waals surface area contributed by atoms with E-state index >= 15 is 0 Å². The largest absolute Gasteiger partial charge is 0.315 e. The van der Waals surface area contributed by atoms with Crippen LogP contribution in [0.25, 0.3) is 0 Å². The maximum Gasteiger partial charge on any atom is 0.0461 e. The normalized spacial score (nSPS) is 25.9. The molecule has 1 aliphatic heterocycles. The Labute approximate surface area is 90.3 Å². The fourth-order valence-corrected chi connectivity index (χ4v) is 3.21. The van der Waals surface area contributed by atoms with Crippen LogP contribution in [-0.2, 0) is 0 Å². The smallest absolute Gasteiger partial charge is 0.0461 e. The summed E-state index contributed by atoms with van der Waals surface area (Å²) < 4.78 is 0. The number of aryl methyl sites for hydroxylation is 2. The van der Waals surface area contributed by atoms with Crippen LogP contribution in [-0.4, -0.2) is 18.8 Å². The van der Waals surface area contributed by atoms with Gasteiger partial charge in [-0.2, -0.15) is 11.8 Å². The van der Waals surface area contributed by atoms with Gasteiger partial charge in [0, 0.05) is 17.0 Å². The zero-order valence-corrected chi connectivity index (χ0v) is 9.82. The van der Waals surface area contributed by atoms with Gasteiger partial charge in [0.15, 0.2) is 0 Å². The standard InChI is InChI=1S/C12H17NS/c1-8-4-5-9(2)10(6-8)12-11(13-3)7-14-12/h4-6,11-13H,7H2,1-3H3. The summed E-state index contributed by atoms with van der Waals surface area (Å²) in [6, 6.07) is 7.42. The summed E-state index contributed by atoms with van der Waals surface area (Å²) in [5, 5.41) is 4.04. The molecule has 14 heavy (non-hydrogen) atoms. The van der Waals surface area contributed by atoms with E-state index in [0.29, 0.717) is 11.3 Å². The summed E-state index contributed by atoms with van der Waals surface area (Å²) in [5.74, 6) is 1.24. The molecule has 1 heterocycles. The first kappa shape index (κ1) is 10.1. The molecule has 0 bridgehead atoms. The third kappa shape index (κ3) is 1.69. The Kier molecular flexibility index (Phi) is 2.84. The highest BCUT2D eigenvalue weighted by Gasteiger charge is 2.32. The maximum atomic E-state index is 3.38. The molecule has 0 aliphatic carbocycles. The molecule has 76 valence electrons. The minimum Gasteiger partial charge on any atom is -0.315 e. The Morgan fingerprint density at radius 1 is 1.36 bits per heavy atom. The van der Waals surface area contributed by atoms with Crippen LogP contribution in [0.2, 0.25) is 0 Å². The average Bonchev–Trinajstić information content (AvgIpc) is 2.10. The first-order chi connectivity index (χ1) is 6.72. The van der Waals surface area contributed by atoms with Crippen molar-refractivity contribution < 1.29 is 0 Å². The molecule has 2 heteroatoms. The molecule has 0 spiro atoms. The molecule has 1 aromatic carbocycles. The van der Waals surface area contributed by atoms with Crippen molar-refractivity contribution in [1.82, 2.24) is 5.32 Å². The molecule has 1 nitrogen and oxygen atoms in total. The van der Waals surface area contributed by atoms with Crippen LogP contribution in [0.3, 0.4) is 0 Å². The summed E-state index contributed by atoms with van der Waals surface area (Å²) in [7, 11) is 2.06. The summed E-state index contributed by atoms with van der Waals surface area (Å²) in [6.07, 6.45) is 0. The van der Waals surface area contributed by atoms with Crippen LogP contribution < -0.4 is 5.32 Å². The lowest BCUT2D eigenvalue weighted by Crippen LogP contribution is -2.40. The van der Waals surface area contributed by atoms with Crippen molar-refractivity contribution in [1.29, 1.82) is 0 Å². The van der Waals surface area contributed by atoms with Gasteiger partial charge in [-0.15, -0.1) is 0 Å². The molecule has 1 aliphatic rings. The lowest BCUT2D eigenvalue weighted by Gasteiger charge is -2.37. The van der Waals surface area contributed by atoms with Crippen molar-refractivity contribution in [3.63, 3.8) is 0 Å². The molecule has 1 N–H and O–H groups in total. The summed E-state index contributed by atoms with van der Waals surface area (Å²) >= 11 is 2.05. The Morgan fingerprint density at radius 3 is 2.71 bits per heavy atom. The van der Waals surface area contributed by atoms with Crippen molar-refractivity contribution in [2.24, 2.45) is 0 Å². The van der Waals surface area contributed by atoms with E-state index in [0.717, 1.165) is 0 Å². The highest BCUT2D eigenvalue weighted by Crippen LogP contribution is 2.43. The summed E-state index contributed by atoms with van der Waals surface area (Å²) in [4.78, 5) is 0. The summed E-state index contributed by atoms with van der Waals surface area (Å²) in [6.45, 7) is 4.38. The van der Waals surface area contributed by atoms with Crippen LogP contribution >= 0.6 is 11.8 Å². The second kappa shape index (κ2) is 3.95. The van der Waals surface area contributed by atoms with Crippen LogP contribution in [0.4, 0.5) is 0 Å². The van der Waals surface area contributed by atoms with E-state index < -0.39 is 0 Å². The third-order valence-corrected chi connectivity index (χ3v) is 4.43. The first-order valence-electron chi connectivity index (χ1n) is 5.08. The molecule has 1 fully saturated rings. The quantitative estimate of drug-likeness (QED) is 0.800. The van der Waals surface area contributed by atoms with Crippen molar-refractivity contribution in [2.45, 2.75) is 25.1 Å². The van der Waals surface area contributed by atoms with E-state index in [-0.39, 0.29) is 0 Å². The lowest BCUT2D eigenvalue weighted by molar-refractivity contribution is 0.571. The maximum absolute atomic E-state index is 3.38. The number of hydrogen-bond donors (Lipinski definition) is 1. The zero-order chi connectivity index (χ0) is 10.1. The monoisotopic (exact) mass is 207 g/mol. The molecular formula is C12H17NS. The van der Waals surface area contributed by atoms with Crippen molar-refractivity contribution in [2.75, 3.05) is 12.8 Å². The number of rotatable bonds is 2. The van der Waals surface area contributed by atoms with Crippen molar-refractivity contribution >= 4 is 11.8 Å². The number of hydrogen-bond acceptors (Lipinski definition) is 2. The van der Waals surface area contributed by atoms with Crippen LogP contribution in [0, 0.1) is 13.8 Å². The predicted molar refractivity (Wildman–Crippen MR) is 64.0 cm³/mol. The van der Waals surface area contributed by atoms with Crippen molar-refractivity contribution in [3.8, 4) is 0 Å². The molecule has 0 radical (unpaired) electrons. The summed E-state index contributed by atoms with van der Waals surface area (Å²) in [5.41, 5.74) is 4.31. The van der Waals surface area contributed by atoms with Crippen LogP contribution in [0.1, 0.15) is 21.9 Å². The molecule has 1 aromatic rings. The molecule has 2 atom stereocenters. The van der Waals surface area contributed by atoms with E-state index in [4.69, 9.17) is 0 Å². The van der Waals surface area contributed by atoms with E-state index in [9.17, 15) is 0 Å². The van der Waals surface area contributed by atoms with Crippen LogP contribution in [0.5, 0.6) is 0 Å². The zero-order valence-electron chi connectivity index (χ0n) is 9.00. The predicted octanol–water partition coefficient (Wildman–Crippen LogP) is 2.68. The van der Waals surface area contributed by atoms with Crippen LogP contribution in [0.15, 0.2) is 18.2 Å². The molecular weight excluding hydrogens is 190 g/mol. The minimum absolute atomic E-state index is 0.667. The van der Waals surface area contributed by atoms with Gasteiger partial charge in [-0.25, -0.2) is 0 Å². The van der Waals surface area contributed by atoms with E-state index in [1.807, 2.05) is 0 Å². The van der Waals surface area contributed by atoms with Crippen molar-refractivity contribution in [3.05, 3.63) is 34.9 Å². The van der Waals surface area contributed by atoms with Gasteiger partial charge in [0.05, 0.1) is 0 Å². The van der Waals surface area contributed by atoms with E-state index in [1.165, 1.54) is 22.4 Å². The highest BCUT2D eigenvalue weighted by molar-refractivity contribution is 8.01. The second-order valence-electron chi connectivity index (χ2n) is 4.01. The molecule has 0 saturated carbocycles. The van der Waals surface area contributed by atoms with Gasteiger partial charge in [-0.05, 0) is 32.0 Å². The van der Waals surface area contributed by atoms with Gasteiger partial charge in [0.1, 0.15) is 0 Å². The topological polar surface area (TPSA) is 12.0 Å². The van der Waals surface area contributed by atoms with Gasteiger partial charge in [-0.1, -0.05) is 23.8 Å². The van der Waals surface area contributed by atoms with E-state index in [1.54, 1.807) is 0 Å². The Hall–Kier alpha value is -0.470. The average molecular weight is 207 g/mol. The number of nitrogens with one attached hydrogen (secondary N) is 1. The molecule has 0 amide bonds. The Balaban J connectivity index is 2.27. The highest BCUT2D eigenvalue weighted by atomic mass is 32.2. The minimum atomic E-state index is 0.667. The molecule has 2 rings (SSSR count). The van der Waals surface area contributed by atoms with Gasteiger partial charge >= 0.3 is 0 Å².